The van der Waals surface area contributed by atoms with Gasteiger partial charge in [0.05, 0.1) is 17.4 Å². The van der Waals surface area contributed by atoms with Crippen molar-refractivity contribution in [3.8, 4) is 0 Å². The van der Waals surface area contributed by atoms with E-state index in [1.807, 2.05) is 0 Å². The first-order valence-corrected chi connectivity index (χ1v) is 5.97. The lowest BCUT2D eigenvalue weighted by Crippen LogP contribution is -2.20. The third-order valence-corrected chi connectivity index (χ3v) is 2.67. The van der Waals surface area contributed by atoms with Gasteiger partial charge in [0, 0.05) is 5.02 Å². The van der Waals surface area contributed by atoms with Crippen LogP contribution in [-0.4, -0.2) is 16.5 Å². The normalized spacial score (nSPS) is 10.3. The Morgan fingerprint density at radius 1 is 1.44 bits per heavy atom. The molecule has 0 radical (unpaired) electrons. The molecule has 4 nitrogen and oxygen atoms in total. The van der Waals surface area contributed by atoms with Crippen molar-refractivity contribution in [1.29, 1.82) is 0 Å². The Labute approximate surface area is 116 Å². The number of aromatic amines is 1. The summed E-state index contributed by atoms with van der Waals surface area (Å²) in [6.45, 7) is 3.55. The molecule has 0 atom stereocenters. The lowest BCUT2D eigenvalue weighted by molar-refractivity contribution is 0.651. The monoisotopic (exact) mass is 287 g/mol. The first kappa shape index (κ1) is 15.0. The topological polar surface area (TPSA) is 57.8 Å². The van der Waals surface area contributed by atoms with E-state index in [1.54, 1.807) is 18.2 Å². The number of fused-ring (bicyclic) bond motifs is 1. The molecule has 0 unspecified atom stereocenters. The van der Waals surface area contributed by atoms with Crippen molar-refractivity contribution in [3.05, 3.63) is 39.4 Å². The number of halogens is 2. The van der Waals surface area contributed by atoms with E-state index in [9.17, 15) is 4.79 Å². The molecule has 1 heterocycles. The van der Waals surface area contributed by atoms with E-state index in [-0.39, 0.29) is 18.0 Å². The second kappa shape index (κ2) is 6.73. The first-order chi connectivity index (χ1) is 8.20. The van der Waals surface area contributed by atoms with Gasteiger partial charge in [-0.1, -0.05) is 18.5 Å². The van der Waals surface area contributed by atoms with Gasteiger partial charge < -0.3 is 10.3 Å². The van der Waals surface area contributed by atoms with Crippen LogP contribution in [0.5, 0.6) is 0 Å². The number of H-pyrrole nitrogens is 1. The first-order valence-electron chi connectivity index (χ1n) is 5.60. The van der Waals surface area contributed by atoms with Crippen molar-refractivity contribution < 1.29 is 0 Å². The Hall–Kier alpha value is -1.10. The summed E-state index contributed by atoms with van der Waals surface area (Å²) in [7, 11) is 0. The van der Waals surface area contributed by atoms with Gasteiger partial charge >= 0.3 is 0 Å². The molecule has 0 bridgehead atoms. The third kappa shape index (κ3) is 3.45. The van der Waals surface area contributed by atoms with Gasteiger partial charge in [-0.15, -0.1) is 12.4 Å². The van der Waals surface area contributed by atoms with Gasteiger partial charge in [-0.05, 0) is 31.2 Å². The Balaban J connectivity index is 0.00000162. The molecule has 0 aliphatic rings. The van der Waals surface area contributed by atoms with Crippen molar-refractivity contribution >= 4 is 34.9 Å². The van der Waals surface area contributed by atoms with E-state index in [0.717, 1.165) is 13.0 Å². The quantitative estimate of drug-likeness (QED) is 0.850. The van der Waals surface area contributed by atoms with Gasteiger partial charge in [-0.3, -0.25) is 4.79 Å². The average molecular weight is 288 g/mol. The maximum atomic E-state index is 11.8. The van der Waals surface area contributed by atoms with Crippen LogP contribution in [0.4, 0.5) is 0 Å². The number of hydrogen-bond donors (Lipinski definition) is 2. The molecule has 0 saturated carbocycles. The van der Waals surface area contributed by atoms with Crippen LogP contribution in [0.1, 0.15) is 19.2 Å². The van der Waals surface area contributed by atoms with E-state index in [0.29, 0.717) is 28.3 Å². The second-order valence-electron chi connectivity index (χ2n) is 3.85. The summed E-state index contributed by atoms with van der Waals surface area (Å²) in [5.41, 5.74) is 0.509. The molecule has 2 N–H and O–H groups in total. The molecule has 1 aromatic carbocycles. The van der Waals surface area contributed by atoms with Crippen molar-refractivity contribution in [2.75, 3.05) is 6.54 Å². The predicted octanol–water partition coefficient (Wildman–Crippen LogP) is 2.50. The zero-order valence-corrected chi connectivity index (χ0v) is 11.6. The summed E-state index contributed by atoms with van der Waals surface area (Å²) in [5, 5.41) is 4.34. The Morgan fingerprint density at radius 2 is 2.22 bits per heavy atom. The number of rotatable bonds is 4. The molecule has 2 aromatic rings. The number of hydrogen-bond acceptors (Lipinski definition) is 3. The number of nitrogens with zero attached hydrogens (tertiary/aromatic N) is 1. The largest absolute Gasteiger partial charge is 0.310 e. The fourth-order valence-electron chi connectivity index (χ4n) is 1.63. The Bertz CT molecular complexity index is 583. The van der Waals surface area contributed by atoms with Crippen LogP contribution in [0.3, 0.4) is 0 Å². The molecule has 0 saturated heterocycles. The van der Waals surface area contributed by atoms with Gasteiger partial charge in [-0.25, -0.2) is 4.98 Å². The van der Waals surface area contributed by atoms with E-state index in [2.05, 4.69) is 22.2 Å². The minimum atomic E-state index is -0.125. The van der Waals surface area contributed by atoms with Crippen LogP contribution in [0, 0.1) is 0 Å². The SMILES string of the molecule is CCCNCc1nc2cc(Cl)ccc2c(=O)[nH]1.Cl. The highest BCUT2D eigenvalue weighted by molar-refractivity contribution is 6.31. The van der Waals surface area contributed by atoms with Crippen molar-refractivity contribution in [2.45, 2.75) is 19.9 Å². The fourth-order valence-corrected chi connectivity index (χ4v) is 1.79. The maximum absolute atomic E-state index is 11.8. The second-order valence-corrected chi connectivity index (χ2v) is 4.29. The molecule has 0 spiro atoms. The average Bonchev–Trinajstić information content (AvgIpc) is 2.28. The zero-order chi connectivity index (χ0) is 12.3. The molecular formula is C12H15Cl2N3O. The highest BCUT2D eigenvalue weighted by Crippen LogP contribution is 2.14. The summed E-state index contributed by atoms with van der Waals surface area (Å²) < 4.78 is 0. The summed E-state index contributed by atoms with van der Waals surface area (Å²) in [6, 6.07) is 5.08. The summed E-state index contributed by atoms with van der Waals surface area (Å²) in [6.07, 6.45) is 1.05. The minimum Gasteiger partial charge on any atom is -0.310 e. The standard InChI is InChI=1S/C12H14ClN3O.ClH/c1-2-5-14-7-11-15-10-6-8(13)3-4-9(10)12(17)16-11;/h3-4,6,14H,2,5,7H2,1H3,(H,15,16,17);1H. The van der Waals surface area contributed by atoms with E-state index in [1.165, 1.54) is 0 Å². The third-order valence-electron chi connectivity index (χ3n) is 2.44. The molecule has 2 rings (SSSR count). The zero-order valence-electron chi connectivity index (χ0n) is 10.00. The van der Waals surface area contributed by atoms with Crippen molar-refractivity contribution in [1.82, 2.24) is 15.3 Å². The molecule has 98 valence electrons. The van der Waals surface area contributed by atoms with Crippen LogP contribution in [-0.2, 0) is 6.54 Å². The maximum Gasteiger partial charge on any atom is 0.258 e. The van der Waals surface area contributed by atoms with Crippen molar-refractivity contribution in [3.63, 3.8) is 0 Å². The fraction of sp³-hybridized carbons (Fsp3) is 0.333. The number of benzene rings is 1. The van der Waals surface area contributed by atoms with Crippen LogP contribution >= 0.6 is 24.0 Å². The minimum absolute atomic E-state index is 0. The summed E-state index contributed by atoms with van der Waals surface area (Å²) >= 11 is 5.88. The van der Waals surface area contributed by atoms with E-state index in [4.69, 9.17) is 11.6 Å². The molecule has 0 amide bonds. The van der Waals surface area contributed by atoms with Gasteiger partial charge in [0.15, 0.2) is 0 Å². The number of aromatic nitrogens is 2. The van der Waals surface area contributed by atoms with Crippen molar-refractivity contribution in [2.24, 2.45) is 0 Å². The van der Waals surface area contributed by atoms with Crippen LogP contribution < -0.4 is 10.9 Å². The molecule has 1 aromatic heterocycles. The van der Waals surface area contributed by atoms with Gasteiger partial charge in [0.25, 0.3) is 5.56 Å². The highest BCUT2D eigenvalue weighted by Gasteiger charge is 2.03. The summed E-state index contributed by atoms with van der Waals surface area (Å²) in [5.74, 6) is 0.637. The smallest absolute Gasteiger partial charge is 0.258 e. The Morgan fingerprint density at radius 3 is 2.94 bits per heavy atom. The van der Waals surface area contributed by atoms with Gasteiger partial charge in [-0.2, -0.15) is 0 Å². The number of nitrogens with one attached hydrogen (secondary N) is 2. The van der Waals surface area contributed by atoms with E-state index < -0.39 is 0 Å². The molecule has 0 aliphatic carbocycles. The van der Waals surface area contributed by atoms with E-state index >= 15 is 0 Å². The van der Waals surface area contributed by atoms with Crippen LogP contribution in [0.2, 0.25) is 5.02 Å². The van der Waals surface area contributed by atoms with Crippen LogP contribution in [0.15, 0.2) is 23.0 Å². The molecule has 6 heteroatoms. The molecule has 0 aliphatic heterocycles. The molecular weight excluding hydrogens is 273 g/mol. The lowest BCUT2D eigenvalue weighted by atomic mass is 10.2. The summed E-state index contributed by atoms with van der Waals surface area (Å²) in [4.78, 5) is 18.9. The molecule has 18 heavy (non-hydrogen) atoms. The molecule has 0 fully saturated rings. The lowest BCUT2D eigenvalue weighted by Gasteiger charge is -2.04. The van der Waals surface area contributed by atoms with Crippen LogP contribution in [0.25, 0.3) is 10.9 Å². The predicted molar refractivity (Wildman–Crippen MR) is 76.6 cm³/mol. The Kier molecular flexibility index (Phi) is 5.59. The highest BCUT2D eigenvalue weighted by atomic mass is 35.5. The van der Waals surface area contributed by atoms with Gasteiger partial charge in [0.1, 0.15) is 5.82 Å². The van der Waals surface area contributed by atoms with Gasteiger partial charge in [0.2, 0.25) is 0 Å².